The Morgan fingerprint density at radius 1 is 1.47 bits per heavy atom. The van der Waals surface area contributed by atoms with Crippen LogP contribution < -0.4 is 10.6 Å². The van der Waals surface area contributed by atoms with Gasteiger partial charge in [0.1, 0.15) is 6.61 Å². The van der Waals surface area contributed by atoms with Gasteiger partial charge in [0.05, 0.1) is 12.2 Å². The van der Waals surface area contributed by atoms with Crippen LogP contribution in [0.25, 0.3) is 0 Å². The van der Waals surface area contributed by atoms with Gasteiger partial charge in [0, 0.05) is 19.6 Å². The molecule has 0 saturated carbocycles. The van der Waals surface area contributed by atoms with Crippen LogP contribution in [0.1, 0.15) is 18.1 Å². The summed E-state index contributed by atoms with van der Waals surface area (Å²) in [7, 11) is 0. The molecular formula is C14H20N2O3. The molecule has 3 N–H and O–H groups in total. The summed E-state index contributed by atoms with van der Waals surface area (Å²) in [6.45, 7) is 4.11. The highest BCUT2D eigenvalue weighted by Crippen LogP contribution is 2.14. The SMILES string of the molecule is CC1(OCC(=O)NCc2cccc(CO)c2)CNC1. The van der Waals surface area contributed by atoms with Crippen LogP contribution in [0.15, 0.2) is 24.3 Å². The number of carbonyl (C=O) groups is 1. The van der Waals surface area contributed by atoms with E-state index in [0.29, 0.717) is 6.54 Å². The quantitative estimate of drug-likeness (QED) is 0.685. The first kappa shape index (κ1) is 14.0. The normalized spacial score (nSPS) is 16.7. The smallest absolute Gasteiger partial charge is 0.246 e. The standard InChI is InChI=1S/C14H20N2O3/c1-14(9-15-10-14)19-8-13(18)16-6-11-3-2-4-12(5-11)7-17/h2-5,15,17H,6-10H2,1H3,(H,16,18). The highest BCUT2D eigenvalue weighted by Gasteiger charge is 2.32. The molecule has 0 atom stereocenters. The first-order valence-corrected chi connectivity index (χ1v) is 6.41. The fraction of sp³-hybridized carbons (Fsp3) is 0.500. The van der Waals surface area contributed by atoms with Crippen LogP contribution in [-0.4, -0.2) is 36.3 Å². The largest absolute Gasteiger partial charge is 0.392 e. The predicted molar refractivity (Wildman–Crippen MR) is 71.4 cm³/mol. The number of benzene rings is 1. The lowest BCUT2D eigenvalue weighted by Crippen LogP contribution is -2.59. The van der Waals surface area contributed by atoms with Crippen LogP contribution in [0.4, 0.5) is 0 Å². The van der Waals surface area contributed by atoms with Crippen molar-refractivity contribution in [2.45, 2.75) is 25.7 Å². The van der Waals surface area contributed by atoms with Crippen molar-refractivity contribution in [1.82, 2.24) is 10.6 Å². The maximum atomic E-state index is 11.7. The van der Waals surface area contributed by atoms with Gasteiger partial charge in [-0.05, 0) is 18.1 Å². The van der Waals surface area contributed by atoms with Crippen molar-refractivity contribution >= 4 is 5.91 Å². The minimum atomic E-state index is -0.200. The highest BCUT2D eigenvalue weighted by atomic mass is 16.5. The van der Waals surface area contributed by atoms with Crippen molar-refractivity contribution in [3.63, 3.8) is 0 Å². The summed E-state index contributed by atoms with van der Waals surface area (Å²) in [6, 6.07) is 7.50. The van der Waals surface area contributed by atoms with Gasteiger partial charge in [0.2, 0.25) is 5.91 Å². The summed E-state index contributed by atoms with van der Waals surface area (Å²) < 4.78 is 5.55. The molecule has 0 radical (unpaired) electrons. The Bertz CT molecular complexity index is 444. The number of carbonyl (C=O) groups excluding carboxylic acids is 1. The van der Waals surface area contributed by atoms with E-state index in [1.165, 1.54) is 0 Å². The third-order valence-corrected chi connectivity index (χ3v) is 3.21. The van der Waals surface area contributed by atoms with Crippen LogP contribution in [0, 0.1) is 0 Å². The molecule has 0 unspecified atom stereocenters. The topological polar surface area (TPSA) is 70.6 Å². The molecule has 5 nitrogen and oxygen atoms in total. The maximum absolute atomic E-state index is 11.7. The van der Waals surface area contributed by atoms with Crippen LogP contribution in [0.2, 0.25) is 0 Å². The summed E-state index contributed by atoms with van der Waals surface area (Å²) in [6.07, 6.45) is 0. The van der Waals surface area contributed by atoms with E-state index in [1.807, 2.05) is 31.2 Å². The molecule has 1 saturated heterocycles. The van der Waals surface area contributed by atoms with E-state index in [0.717, 1.165) is 24.2 Å². The molecule has 1 aliphatic rings. The van der Waals surface area contributed by atoms with Crippen LogP contribution in [0.5, 0.6) is 0 Å². The first-order valence-electron chi connectivity index (χ1n) is 6.41. The van der Waals surface area contributed by atoms with Gasteiger partial charge < -0.3 is 20.5 Å². The van der Waals surface area contributed by atoms with Crippen molar-refractivity contribution in [1.29, 1.82) is 0 Å². The van der Waals surface area contributed by atoms with Crippen molar-refractivity contribution in [2.75, 3.05) is 19.7 Å². The fourth-order valence-electron chi connectivity index (χ4n) is 1.91. The Kier molecular flexibility index (Phi) is 4.52. The molecule has 0 bridgehead atoms. The maximum Gasteiger partial charge on any atom is 0.246 e. The van der Waals surface area contributed by atoms with Gasteiger partial charge in [-0.15, -0.1) is 0 Å². The second kappa shape index (κ2) is 6.14. The lowest BCUT2D eigenvalue weighted by atomic mass is 10.0. The van der Waals surface area contributed by atoms with E-state index in [1.54, 1.807) is 0 Å². The van der Waals surface area contributed by atoms with Crippen LogP contribution in [0.3, 0.4) is 0 Å². The van der Waals surface area contributed by atoms with Crippen molar-refractivity contribution in [3.05, 3.63) is 35.4 Å². The molecule has 1 aromatic rings. The Morgan fingerprint density at radius 3 is 2.84 bits per heavy atom. The Morgan fingerprint density at radius 2 is 2.21 bits per heavy atom. The third kappa shape index (κ3) is 4.02. The predicted octanol–water partition coefficient (Wildman–Crippen LogP) is 0.174. The van der Waals surface area contributed by atoms with Gasteiger partial charge >= 0.3 is 0 Å². The number of rotatable bonds is 6. The zero-order valence-electron chi connectivity index (χ0n) is 11.1. The van der Waals surface area contributed by atoms with Gasteiger partial charge in [-0.1, -0.05) is 24.3 Å². The first-order chi connectivity index (χ1) is 9.11. The van der Waals surface area contributed by atoms with Gasteiger partial charge in [-0.3, -0.25) is 4.79 Å². The molecule has 0 spiro atoms. The Balaban J connectivity index is 1.73. The zero-order chi connectivity index (χ0) is 13.7. The van der Waals surface area contributed by atoms with E-state index in [9.17, 15) is 4.79 Å². The lowest BCUT2D eigenvalue weighted by molar-refractivity contribution is -0.136. The van der Waals surface area contributed by atoms with Gasteiger partial charge in [0.25, 0.3) is 0 Å². The fourth-order valence-corrected chi connectivity index (χ4v) is 1.91. The molecule has 104 valence electrons. The van der Waals surface area contributed by atoms with E-state index in [4.69, 9.17) is 9.84 Å². The average molecular weight is 264 g/mol. The summed E-state index contributed by atoms with van der Waals surface area (Å²) >= 11 is 0. The van der Waals surface area contributed by atoms with E-state index in [-0.39, 0.29) is 24.7 Å². The van der Waals surface area contributed by atoms with Crippen molar-refractivity contribution in [3.8, 4) is 0 Å². The number of hydrogen-bond donors (Lipinski definition) is 3. The molecule has 1 aliphatic heterocycles. The monoisotopic (exact) mass is 264 g/mol. The van der Waals surface area contributed by atoms with Gasteiger partial charge in [-0.2, -0.15) is 0 Å². The Labute approximate surface area is 113 Å². The minimum absolute atomic E-state index is 0.0102. The van der Waals surface area contributed by atoms with Gasteiger partial charge in [0.15, 0.2) is 0 Å². The molecule has 0 aliphatic carbocycles. The molecule has 0 aromatic heterocycles. The van der Waals surface area contributed by atoms with E-state index < -0.39 is 0 Å². The second-order valence-electron chi connectivity index (χ2n) is 5.10. The highest BCUT2D eigenvalue weighted by molar-refractivity contribution is 5.77. The molecule has 19 heavy (non-hydrogen) atoms. The summed E-state index contributed by atoms with van der Waals surface area (Å²) in [4.78, 5) is 11.7. The molecule has 2 rings (SSSR count). The molecule has 1 amide bonds. The number of nitrogens with one attached hydrogen (secondary N) is 2. The number of ether oxygens (including phenoxy) is 1. The van der Waals surface area contributed by atoms with E-state index in [2.05, 4.69) is 10.6 Å². The number of aliphatic hydroxyl groups is 1. The van der Waals surface area contributed by atoms with Crippen LogP contribution in [-0.2, 0) is 22.7 Å². The summed E-state index contributed by atoms with van der Waals surface area (Å²) in [5, 5.41) is 15.0. The average Bonchev–Trinajstić information content (AvgIpc) is 2.41. The summed E-state index contributed by atoms with van der Waals surface area (Å²) in [5.41, 5.74) is 1.61. The van der Waals surface area contributed by atoms with Crippen molar-refractivity contribution in [2.24, 2.45) is 0 Å². The minimum Gasteiger partial charge on any atom is -0.392 e. The summed E-state index contributed by atoms with van der Waals surface area (Å²) in [5.74, 6) is -0.123. The Hall–Kier alpha value is -1.43. The number of aliphatic hydroxyl groups excluding tert-OH is 1. The number of amides is 1. The lowest BCUT2D eigenvalue weighted by Gasteiger charge is -2.38. The van der Waals surface area contributed by atoms with Gasteiger partial charge in [-0.25, -0.2) is 0 Å². The zero-order valence-corrected chi connectivity index (χ0v) is 11.1. The molecular weight excluding hydrogens is 244 g/mol. The molecule has 1 aromatic carbocycles. The van der Waals surface area contributed by atoms with Crippen LogP contribution >= 0.6 is 0 Å². The van der Waals surface area contributed by atoms with Crippen molar-refractivity contribution < 1.29 is 14.6 Å². The van der Waals surface area contributed by atoms with E-state index >= 15 is 0 Å². The molecule has 1 fully saturated rings. The number of hydrogen-bond acceptors (Lipinski definition) is 4. The molecule has 1 heterocycles. The second-order valence-corrected chi connectivity index (χ2v) is 5.10. The third-order valence-electron chi connectivity index (χ3n) is 3.21. The molecule has 5 heteroatoms.